The molecule has 0 spiro atoms. The molecule has 204 valence electrons. The molecule has 39 heavy (non-hydrogen) atoms. The van der Waals surface area contributed by atoms with Crippen molar-refractivity contribution >= 4 is 17.4 Å². The number of nitro benzene ring substituents is 1. The number of carbonyl (C=O) groups excluding carboxylic acids is 1. The third kappa shape index (κ3) is 8.69. The van der Waals surface area contributed by atoms with Gasteiger partial charge >= 0.3 is 6.03 Å². The summed E-state index contributed by atoms with van der Waals surface area (Å²) in [6, 6.07) is 25.9. The number of hydrogen-bond acceptors (Lipinski definition) is 3. The van der Waals surface area contributed by atoms with E-state index in [2.05, 4.69) is 60.6 Å². The number of carbonyl (C=O) groups is 1. The maximum Gasteiger partial charge on any atom is 0.319 e. The molecule has 0 aliphatic rings. The summed E-state index contributed by atoms with van der Waals surface area (Å²) in [5.41, 5.74) is 7.07. The Morgan fingerprint density at radius 3 is 2.05 bits per heavy atom. The van der Waals surface area contributed by atoms with Gasteiger partial charge in [-0.3, -0.25) is 10.1 Å². The zero-order valence-electron chi connectivity index (χ0n) is 23.0. The second-order valence-corrected chi connectivity index (χ2v) is 9.75. The summed E-state index contributed by atoms with van der Waals surface area (Å²) in [5.74, 6) is 0. The number of nitrogens with zero attached hydrogens (tertiary/aromatic N) is 1. The zero-order valence-corrected chi connectivity index (χ0v) is 23.0. The minimum absolute atomic E-state index is 0.0233. The van der Waals surface area contributed by atoms with Gasteiger partial charge in [0.1, 0.15) is 0 Å². The molecule has 2 N–H and O–H groups in total. The average molecular weight is 526 g/mol. The van der Waals surface area contributed by atoms with Gasteiger partial charge in [0.25, 0.3) is 5.69 Å². The van der Waals surface area contributed by atoms with Gasteiger partial charge < -0.3 is 10.6 Å². The quantitative estimate of drug-likeness (QED) is 0.0957. The molecule has 0 aliphatic heterocycles. The monoisotopic (exact) mass is 525 g/mol. The normalized spacial score (nSPS) is 10.8. The summed E-state index contributed by atoms with van der Waals surface area (Å²) in [6.07, 6.45) is 9.75. The third-order valence-electron chi connectivity index (χ3n) is 7.06. The molecule has 0 aliphatic carbocycles. The molecule has 0 atom stereocenters. The predicted octanol–water partition coefficient (Wildman–Crippen LogP) is 8.55. The lowest BCUT2D eigenvalue weighted by molar-refractivity contribution is -0.384. The summed E-state index contributed by atoms with van der Waals surface area (Å²) >= 11 is 0. The van der Waals surface area contributed by atoms with Gasteiger partial charge in [0.2, 0.25) is 0 Å². The Hall–Kier alpha value is -4.15. The molecule has 0 bridgehead atoms. The van der Waals surface area contributed by atoms with E-state index in [1.165, 1.54) is 55.5 Å². The molecule has 2 amide bonds. The molecule has 0 radical (unpaired) electrons. The van der Waals surface area contributed by atoms with Crippen LogP contribution in [0, 0.1) is 10.1 Å². The van der Waals surface area contributed by atoms with Crippen LogP contribution in [-0.4, -0.2) is 17.5 Å². The minimum Gasteiger partial charge on any atom is -0.337 e. The number of urea groups is 1. The minimum atomic E-state index is -0.511. The van der Waals surface area contributed by atoms with Crippen molar-refractivity contribution in [2.75, 3.05) is 11.9 Å². The van der Waals surface area contributed by atoms with Gasteiger partial charge in [0.05, 0.1) is 4.92 Å². The van der Waals surface area contributed by atoms with E-state index in [0.29, 0.717) is 18.7 Å². The van der Waals surface area contributed by atoms with Gasteiger partial charge in [-0.2, -0.15) is 0 Å². The van der Waals surface area contributed by atoms with Crippen molar-refractivity contribution in [3.05, 3.63) is 124 Å². The molecule has 0 saturated heterocycles. The number of nitro groups is 1. The van der Waals surface area contributed by atoms with Crippen LogP contribution in [0.2, 0.25) is 0 Å². The van der Waals surface area contributed by atoms with Gasteiger partial charge in [-0.05, 0) is 60.6 Å². The number of rotatable bonds is 14. The topological polar surface area (TPSA) is 84.3 Å². The number of amides is 2. The SMILES string of the molecule is CCCCCCC(=C=CCC(CNC(=O)Nc1ccc([N+](=O)[O-])cc1)(c1ccccc1)c1ccccc1)CC. The Bertz CT molecular complexity index is 1210. The van der Waals surface area contributed by atoms with Crippen LogP contribution in [0.1, 0.15) is 69.9 Å². The number of anilines is 1. The second kappa shape index (κ2) is 15.3. The highest BCUT2D eigenvalue weighted by Gasteiger charge is 2.33. The van der Waals surface area contributed by atoms with Crippen LogP contribution < -0.4 is 10.6 Å². The zero-order chi connectivity index (χ0) is 27.9. The Morgan fingerprint density at radius 1 is 0.897 bits per heavy atom. The highest BCUT2D eigenvalue weighted by atomic mass is 16.6. The van der Waals surface area contributed by atoms with Crippen molar-refractivity contribution in [1.29, 1.82) is 0 Å². The number of hydrogen-bond donors (Lipinski definition) is 2. The van der Waals surface area contributed by atoms with Gasteiger partial charge in [-0.1, -0.05) is 93.8 Å². The Balaban J connectivity index is 1.88. The molecular formula is C33H39N3O3. The Kier molecular flexibility index (Phi) is 11.5. The Labute approximate surface area is 232 Å². The standard InChI is InChI=1S/C33H39N3O3/c1-3-5-6-9-15-27(4-2)16-14-25-33(28-17-10-7-11-18-28,29-19-12-8-13-20-29)26-34-32(37)35-30-21-23-31(24-22-30)36(38)39/h7-8,10-14,17-24H,3-6,9,15,25-26H2,1-2H3,(H2,34,35,37). The molecule has 6 nitrogen and oxygen atoms in total. The van der Waals surface area contributed by atoms with Crippen LogP contribution in [0.25, 0.3) is 0 Å². The highest BCUT2D eigenvalue weighted by molar-refractivity contribution is 5.89. The van der Waals surface area contributed by atoms with Crippen molar-refractivity contribution in [1.82, 2.24) is 5.32 Å². The van der Waals surface area contributed by atoms with E-state index in [1.54, 1.807) is 0 Å². The fourth-order valence-electron chi connectivity index (χ4n) is 4.75. The van der Waals surface area contributed by atoms with Gasteiger partial charge in [0, 0.05) is 29.8 Å². The summed E-state index contributed by atoms with van der Waals surface area (Å²) < 4.78 is 0. The van der Waals surface area contributed by atoms with Crippen molar-refractivity contribution in [3.8, 4) is 0 Å². The molecular weight excluding hydrogens is 486 g/mol. The maximum absolute atomic E-state index is 13.0. The fraction of sp³-hybridized carbons (Fsp3) is 0.333. The first-order valence-electron chi connectivity index (χ1n) is 13.8. The van der Waals surface area contributed by atoms with Crippen LogP contribution in [-0.2, 0) is 5.41 Å². The van der Waals surface area contributed by atoms with Crippen LogP contribution in [0.5, 0.6) is 0 Å². The number of benzene rings is 3. The molecule has 0 unspecified atom stereocenters. The summed E-state index contributed by atoms with van der Waals surface area (Å²) in [4.78, 5) is 23.4. The van der Waals surface area contributed by atoms with Crippen LogP contribution in [0.4, 0.5) is 16.2 Å². The lowest BCUT2D eigenvalue weighted by Crippen LogP contribution is -2.43. The number of unbranched alkanes of at least 4 members (excludes halogenated alkanes) is 3. The van der Waals surface area contributed by atoms with Crippen LogP contribution in [0.15, 0.2) is 102 Å². The van der Waals surface area contributed by atoms with Crippen molar-refractivity contribution < 1.29 is 9.72 Å². The van der Waals surface area contributed by atoms with E-state index in [4.69, 9.17) is 0 Å². The first-order chi connectivity index (χ1) is 19.0. The molecule has 3 aromatic rings. The van der Waals surface area contributed by atoms with Gasteiger partial charge in [-0.25, -0.2) is 4.79 Å². The van der Waals surface area contributed by atoms with E-state index < -0.39 is 10.3 Å². The average Bonchev–Trinajstić information content (AvgIpc) is 2.97. The predicted molar refractivity (Wildman–Crippen MR) is 159 cm³/mol. The summed E-state index contributed by atoms with van der Waals surface area (Å²) in [5, 5.41) is 16.8. The second-order valence-electron chi connectivity index (χ2n) is 9.75. The van der Waals surface area contributed by atoms with Crippen LogP contribution in [0.3, 0.4) is 0 Å². The van der Waals surface area contributed by atoms with E-state index in [-0.39, 0.29) is 11.7 Å². The molecule has 0 saturated carbocycles. The molecule has 3 aromatic carbocycles. The summed E-state index contributed by atoms with van der Waals surface area (Å²) in [7, 11) is 0. The van der Waals surface area contributed by atoms with Gasteiger partial charge in [-0.15, -0.1) is 5.73 Å². The first kappa shape index (κ1) is 29.4. The van der Waals surface area contributed by atoms with Crippen LogP contribution >= 0.6 is 0 Å². The largest absolute Gasteiger partial charge is 0.337 e. The van der Waals surface area contributed by atoms with E-state index in [9.17, 15) is 14.9 Å². The van der Waals surface area contributed by atoms with Crippen molar-refractivity contribution in [2.24, 2.45) is 0 Å². The summed E-state index contributed by atoms with van der Waals surface area (Å²) in [6.45, 7) is 4.77. The third-order valence-corrected chi connectivity index (χ3v) is 7.06. The lowest BCUT2D eigenvalue weighted by Gasteiger charge is -2.34. The van der Waals surface area contributed by atoms with Gasteiger partial charge in [0.15, 0.2) is 0 Å². The number of nitrogens with one attached hydrogen (secondary N) is 2. The molecule has 0 heterocycles. The van der Waals surface area contributed by atoms with Crippen molar-refractivity contribution in [2.45, 2.75) is 64.2 Å². The molecule has 0 fully saturated rings. The molecule has 3 rings (SSSR count). The van der Waals surface area contributed by atoms with Crippen molar-refractivity contribution in [3.63, 3.8) is 0 Å². The van der Waals surface area contributed by atoms with E-state index >= 15 is 0 Å². The molecule has 6 heteroatoms. The Morgan fingerprint density at radius 2 is 1.51 bits per heavy atom. The van der Waals surface area contributed by atoms with E-state index in [1.807, 2.05) is 36.4 Å². The number of allylic oxidation sites excluding steroid dienone is 1. The fourth-order valence-corrected chi connectivity index (χ4v) is 4.75. The van der Waals surface area contributed by atoms with E-state index in [0.717, 1.165) is 24.0 Å². The number of non-ortho nitro benzene ring substituents is 1. The smallest absolute Gasteiger partial charge is 0.319 e. The maximum atomic E-state index is 13.0. The lowest BCUT2D eigenvalue weighted by atomic mass is 9.72. The highest BCUT2D eigenvalue weighted by Crippen LogP contribution is 2.36. The first-order valence-corrected chi connectivity index (χ1v) is 13.8. The molecule has 0 aromatic heterocycles.